The Morgan fingerprint density at radius 3 is 2.71 bits per heavy atom. The highest BCUT2D eigenvalue weighted by molar-refractivity contribution is 5.28. The number of halogens is 1. The fourth-order valence-corrected chi connectivity index (χ4v) is 1.86. The van der Waals surface area contributed by atoms with E-state index in [0.29, 0.717) is 5.41 Å². The van der Waals surface area contributed by atoms with E-state index < -0.39 is 0 Å². The van der Waals surface area contributed by atoms with Crippen molar-refractivity contribution in [1.82, 2.24) is 0 Å². The van der Waals surface area contributed by atoms with E-state index in [-0.39, 0.29) is 5.82 Å². The first kappa shape index (κ1) is 9.66. The van der Waals surface area contributed by atoms with Crippen LogP contribution < -0.4 is 5.73 Å². The average molecular weight is 193 g/mol. The van der Waals surface area contributed by atoms with Crippen molar-refractivity contribution in [1.29, 1.82) is 0 Å². The molecule has 0 unspecified atom stereocenters. The fraction of sp³-hybridized carbons (Fsp3) is 0.500. The molecule has 0 saturated heterocycles. The van der Waals surface area contributed by atoms with E-state index in [4.69, 9.17) is 5.73 Å². The Hall–Kier alpha value is -0.890. The molecule has 0 amide bonds. The molecule has 0 bridgehead atoms. The lowest BCUT2D eigenvalue weighted by molar-refractivity contribution is 0.517. The molecule has 0 aromatic heterocycles. The minimum atomic E-state index is -0.140. The van der Waals surface area contributed by atoms with E-state index in [2.05, 4.69) is 0 Å². The van der Waals surface area contributed by atoms with E-state index in [1.54, 1.807) is 6.07 Å². The SMILES string of the molecule is Cc1ccc(F)cc1CC1(CN)CC1. The van der Waals surface area contributed by atoms with Crippen molar-refractivity contribution in [3.63, 3.8) is 0 Å². The Morgan fingerprint density at radius 2 is 2.14 bits per heavy atom. The summed E-state index contributed by atoms with van der Waals surface area (Å²) >= 11 is 0. The number of hydrogen-bond donors (Lipinski definition) is 1. The predicted octanol–water partition coefficient (Wildman–Crippen LogP) is 2.42. The summed E-state index contributed by atoms with van der Waals surface area (Å²) in [6.45, 7) is 2.75. The van der Waals surface area contributed by atoms with Crippen LogP contribution in [0.2, 0.25) is 0 Å². The smallest absolute Gasteiger partial charge is 0.123 e. The number of benzene rings is 1. The second-order valence-electron chi connectivity index (χ2n) is 4.45. The molecule has 1 aromatic rings. The molecule has 1 saturated carbocycles. The van der Waals surface area contributed by atoms with Crippen LogP contribution in [-0.4, -0.2) is 6.54 Å². The quantitative estimate of drug-likeness (QED) is 0.783. The van der Waals surface area contributed by atoms with Crippen LogP contribution in [0.25, 0.3) is 0 Å². The molecule has 76 valence electrons. The van der Waals surface area contributed by atoms with Crippen molar-refractivity contribution in [2.45, 2.75) is 26.2 Å². The summed E-state index contributed by atoms with van der Waals surface area (Å²) in [5, 5.41) is 0. The first-order chi connectivity index (χ1) is 6.65. The highest BCUT2D eigenvalue weighted by atomic mass is 19.1. The van der Waals surface area contributed by atoms with Crippen molar-refractivity contribution < 1.29 is 4.39 Å². The van der Waals surface area contributed by atoms with Crippen LogP contribution in [0.4, 0.5) is 4.39 Å². The molecule has 0 heterocycles. The van der Waals surface area contributed by atoms with Crippen LogP contribution >= 0.6 is 0 Å². The minimum Gasteiger partial charge on any atom is -0.330 e. The van der Waals surface area contributed by atoms with Gasteiger partial charge in [-0.1, -0.05) is 6.07 Å². The van der Waals surface area contributed by atoms with Crippen LogP contribution in [0, 0.1) is 18.2 Å². The Kier molecular flexibility index (Phi) is 2.31. The van der Waals surface area contributed by atoms with Crippen LogP contribution in [0.15, 0.2) is 18.2 Å². The third-order valence-corrected chi connectivity index (χ3v) is 3.27. The van der Waals surface area contributed by atoms with E-state index in [0.717, 1.165) is 18.5 Å². The van der Waals surface area contributed by atoms with Gasteiger partial charge in [-0.05, 0) is 61.4 Å². The molecule has 0 atom stereocenters. The van der Waals surface area contributed by atoms with Crippen molar-refractivity contribution in [3.8, 4) is 0 Å². The van der Waals surface area contributed by atoms with Crippen LogP contribution in [0.3, 0.4) is 0 Å². The van der Waals surface area contributed by atoms with Gasteiger partial charge in [0, 0.05) is 0 Å². The normalized spacial score (nSPS) is 18.2. The second-order valence-corrected chi connectivity index (χ2v) is 4.45. The predicted molar refractivity (Wildman–Crippen MR) is 55.6 cm³/mol. The zero-order valence-corrected chi connectivity index (χ0v) is 8.52. The maximum absolute atomic E-state index is 13.0. The molecule has 2 N–H and O–H groups in total. The molecule has 2 rings (SSSR count). The fourth-order valence-electron chi connectivity index (χ4n) is 1.86. The van der Waals surface area contributed by atoms with Crippen molar-refractivity contribution >= 4 is 0 Å². The minimum absolute atomic E-state index is 0.140. The maximum atomic E-state index is 13.0. The van der Waals surface area contributed by atoms with Crippen LogP contribution in [-0.2, 0) is 6.42 Å². The second kappa shape index (κ2) is 3.35. The number of hydrogen-bond acceptors (Lipinski definition) is 1. The topological polar surface area (TPSA) is 26.0 Å². The van der Waals surface area contributed by atoms with E-state index >= 15 is 0 Å². The summed E-state index contributed by atoms with van der Waals surface area (Å²) in [5.74, 6) is -0.140. The molecule has 1 aliphatic carbocycles. The van der Waals surface area contributed by atoms with Gasteiger partial charge in [0.2, 0.25) is 0 Å². The van der Waals surface area contributed by atoms with E-state index in [1.165, 1.54) is 24.5 Å². The summed E-state index contributed by atoms with van der Waals surface area (Å²) in [6, 6.07) is 5.00. The average Bonchev–Trinajstić information content (AvgIpc) is 2.92. The van der Waals surface area contributed by atoms with Gasteiger partial charge in [-0.3, -0.25) is 0 Å². The first-order valence-corrected chi connectivity index (χ1v) is 5.10. The molecule has 2 heteroatoms. The van der Waals surface area contributed by atoms with Crippen LogP contribution in [0.5, 0.6) is 0 Å². The summed E-state index contributed by atoms with van der Waals surface area (Å²) < 4.78 is 13.0. The molecule has 0 spiro atoms. The van der Waals surface area contributed by atoms with Gasteiger partial charge in [-0.25, -0.2) is 4.39 Å². The summed E-state index contributed by atoms with van der Waals surface area (Å²) in [7, 11) is 0. The Morgan fingerprint density at radius 1 is 1.43 bits per heavy atom. The van der Waals surface area contributed by atoms with E-state index in [1.807, 2.05) is 13.0 Å². The number of rotatable bonds is 3. The molecule has 1 aromatic carbocycles. The number of nitrogens with two attached hydrogens (primary N) is 1. The lowest BCUT2D eigenvalue weighted by Gasteiger charge is -2.14. The van der Waals surface area contributed by atoms with Gasteiger partial charge < -0.3 is 5.73 Å². The summed E-state index contributed by atoms with van der Waals surface area (Å²) in [6.07, 6.45) is 3.33. The van der Waals surface area contributed by atoms with Crippen molar-refractivity contribution in [3.05, 3.63) is 35.1 Å². The van der Waals surface area contributed by atoms with E-state index in [9.17, 15) is 4.39 Å². The molecule has 0 radical (unpaired) electrons. The van der Waals surface area contributed by atoms with Gasteiger partial charge >= 0.3 is 0 Å². The van der Waals surface area contributed by atoms with Gasteiger partial charge in [0.25, 0.3) is 0 Å². The first-order valence-electron chi connectivity index (χ1n) is 5.10. The third-order valence-electron chi connectivity index (χ3n) is 3.27. The molecule has 1 aliphatic rings. The Bertz CT molecular complexity index is 342. The van der Waals surface area contributed by atoms with Gasteiger partial charge in [0.05, 0.1) is 0 Å². The van der Waals surface area contributed by atoms with Gasteiger partial charge in [0.1, 0.15) is 5.82 Å². The Labute approximate surface area is 84.1 Å². The monoisotopic (exact) mass is 193 g/mol. The molecular formula is C12H16FN. The lowest BCUT2D eigenvalue weighted by atomic mass is 9.94. The van der Waals surface area contributed by atoms with Crippen molar-refractivity contribution in [2.24, 2.45) is 11.1 Å². The largest absolute Gasteiger partial charge is 0.330 e. The third kappa shape index (κ3) is 1.80. The number of aryl methyl sites for hydroxylation is 1. The highest BCUT2D eigenvalue weighted by Gasteiger charge is 2.41. The zero-order chi connectivity index (χ0) is 10.2. The van der Waals surface area contributed by atoms with Gasteiger partial charge in [0.15, 0.2) is 0 Å². The van der Waals surface area contributed by atoms with Gasteiger partial charge in [-0.15, -0.1) is 0 Å². The van der Waals surface area contributed by atoms with Crippen LogP contribution in [0.1, 0.15) is 24.0 Å². The standard InChI is InChI=1S/C12H16FN/c1-9-2-3-11(13)6-10(9)7-12(8-14)4-5-12/h2-3,6H,4-5,7-8,14H2,1H3. The molecule has 0 aliphatic heterocycles. The summed E-state index contributed by atoms with van der Waals surface area (Å²) in [4.78, 5) is 0. The molecule has 14 heavy (non-hydrogen) atoms. The summed E-state index contributed by atoms with van der Waals surface area (Å²) in [5.41, 5.74) is 8.29. The zero-order valence-electron chi connectivity index (χ0n) is 8.52. The molecular weight excluding hydrogens is 177 g/mol. The maximum Gasteiger partial charge on any atom is 0.123 e. The van der Waals surface area contributed by atoms with Crippen molar-refractivity contribution in [2.75, 3.05) is 6.54 Å². The van der Waals surface area contributed by atoms with Gasteiger partial charge in [-0.2, -0.15) is 0 Å². The lowest BCUT2D eigenvalue weighted by Crippen LogP contribution is -2.18. The molecule has 1 fully saturated rings. The Balaban J connectivity index is 2.20. The molecule has 1 nitrogen and oxygen atoms in total. The highest BCUT2D eigenvalue weighted by Crippen LogP contribution is 2.47.